The number of epoxide rings is 1. The summed E-state index contributed by atoms with van der Waals surface area (Å²) in [5, 5.41) is 10.9. The second-order valence-corrected chi connectivity index (χ2v) is 10.8. The molecule has 1 spiro atoms. The average molecular weight is 452 g/mol. The fourth-order valence-corrected chi connectivity index (χ4v) is 6.97. The number of aliphatic hydroxyl groups excluding tert-OH is 1. The molecular weight excluding hydrogens is 417 g/mol. The zero-order valence-electron chi connectivity index (χ0n) is 19.8. The van der Waals surface area contributed by atoms with Crippen molar-refractivity contribution in [2.45, 2.75) is 51.2 Å². The summed E-state index contributed by atoms with van der Waals surface area (Å²) in [5.74, 6) is 0.378. The number of aromatic nitrogens is 1. The molecule has 4 nitrogen and oxygen atoms in total. The molecule has 1 unspecified atom stereocenters. The van der Waals surface area contributed by atoms with Crippen LogP contribution in [0, 0.1) is 28.5 Å². The summed E-state index contributed by atoms with van der Waals surface area (Å²) in [6, 6.07) is 10.6. The predicted octanol–water partition coefficient (Wildman–Crippen LogP) is 5.51. The third-order valence-electron chi connectivity index (χ3n) is 8.82. The highest BCUT2D eigenvalue weighted by Gasteiger charge is 2.66. The van der Waals surface area contributed by atoms with Crippen LogP contribution >= 0.6 is 0 Å². The Morgan fingerprint density at radius 1 is 1.18 bits per heavy atom. The Labute approximate surface area is 195 Å². The van der Waals surface area contributed by atoms with Crippen molar-refractivity contribution < 1.29 is 19.0 Å². The topological polar surface area (TPSA) is 54.9 Å². The Morgan fingerprint density at radius 3 is 2.67 bits per heavy atom. The summed E-state index contributed by atoms with van der Waals surface area (Å²) in [4.78, 5) is 4.62. The molecule has 0 radical (unpaired) electrons. The van der Waals surface area contributed by atoms with Crippen LogP contribution in [0.5, 0.6) is 0 Å². The first kappa shape index (κ1) is 22.7. The number of hydrogen-bond acceptors (Lipinski definition) is 4. The molecule has 176 valence electrons. The lowest BCUT2D eigenvalue weighted by molar-refractivity contribution is -0.171. The van der Waals surface area contributed by atoms with Crippen molar-refractivity contribution in [2.75, 3.05) is 20.3 Å². The molecule has 0 bridgehead atoms. The van der Waals surface area contributed by atoms with Gasteiger partial charge in [-0.05, 0) is 66.9 Å². The van der Waals surface area contributed by atoms with Gasteiger partial charge in [-0.25, -0.2) is 4.39 Å². The average Bonchev–Trinajstić information content (AvgIpc) is 3.57. The van der Waals surface area contributed by atoms with Crippen molar-refractivity contribution in [2.24, 2.45) is 22.7 Å². The largest absolute Gasteiger partial charge is 0.392 e. The van der Waals surface area contributed by atoms with Gasteiger partial charge in [0.05, 0.1) is 30.6 Å². The number of benzene rings is 1. The molecule has 6 atom stereocenters. The Kier molecular flexibility index (Phi) is 5.71. The van der Waals surface area contributed by atoms with E-state index in [1.807, 2.05) is 18.2 Å². The normalized spacial score (nSPS) is 37.9. The minimum absolute atomic E-state index is 0.0270. The Bertz CT molecular complexity index is 1030. The molecule has 5 rings (SSSR count). The molecule has 1 aromatic heterocycles. The molecule has 1 aromatic carbocycles. The summed E-state index contributed by atoms with van der Waals surface area (Å²) < 4.78 is 25.3. The fraction of sp³-hybridized carbons (Fsp3) is 0.536. The number of rotatable bonds is 5. The van der Waals surface area contributed by atoms with Gasteiger partial charge in [-0.3, -0.25) is 4.98 Å². The molecular formula is C28H34FNO3. The highest BCUT2D eigenvalue weighted by molar-refractivity contribution is 5.63. The molecule has 0 amide bonds. The van der Waals surface area contributed by atoms with Crippen molar-refractivity contribution in [1.82, 2.24) is 4.98 Å². The maximum absolute atomic E-state index is 13.6. The van der Waals surface area contributed by atoms with Crippen LogP contribution < -0.4 is 0 Å². The second-order valence-electron chi connectivity index (χ2n) is 10.8. The van der Waals surface area contributed by atoms with Gasteiger partial charge in [0.25, 0.3) is 0 Å². The number of methoxy groups -OCH3 is 1. The van der Waals surface area contributed by atoms with E-state index < -0.39 is 0 Å². The van der Waals surface area contributed by atoms with E-state index in [-0.39, 0.29) is 34.3 Å². The molecule has 3 aliphatic rings. The third-order valence-corrected chi connectivity index (χ3v) is 8.82. The van der Waals surface area contributed by atoms with Crippen LogP contribution in [0.3, 0.4) is 0 Å². The third kappa shape index (κ3) is 3.84. The smallest absolute Gasteiger partial charge is 0.123 e. The number of hydrogen-bond donors (Lipinski definition) is 1. The van der Waals surface area contributed by atoms with Crippen molar-refractivity contribution in [3.05, 3.63) is 60.2 Å². The summed E-state index contributed by atoms with van der Waals surface area (Å²) in [5.41, 5.74) is 2.29. The van der Waals surface area contributed by atoms with Crippen LogP contribution in [0.1, 0.15) is 45.2 Å². The van der Waals surface area contributed by atoms with E-state index in [2.05, 4.69) is 31.0 Å². The van der Waals surface area contributed by atoms with Crippen LogP contribution in [0.4, 0.5) is 4.39 Å². The second kappa shape index (κ2) is 8.30. The van der Waals surface area contributed by atoms with Crippen LogP contribution in [0.2, 0.25) is 0 Å². The van der Waals surface area contributed by atoms with Gasteiger partial charge in [0.15, 0.2) is 0 Å². The van der Waals surface area contributed by atoms with E-state index in [4.69, 9.17) is 9.47 Å². The van der Waals surface area contributed by atoms with Gasteiger partial charge in [0, 0.05) is 30.2 Å². The predicted molar refractivity (Wildman–Crippen MR) is 127 cm³/mol. The van der Waals surface area contributed by atoms with Crippen LogP contribution in [-0.2, 0) is 9.47 Å². The van der Waals surface area contributed by atoms with Crippen LogP contribution in [0.15, 0.2) is 48.7 Å². The number of aliphatic hydroxyl groups is 1. The number of ether oxygens (including phenoxy) is 2. The molecule has 2 heterocycles. The van der Waals surface area contributed by atoms with Crippen molar-refractivity contribution in [1.29, 1.82) is 0 Å². The van der Waals surface area contributed by atoms with Gasteiger partial charge < -0.3 is 14.6 Å². The minimum Gasteiger partial charge on any atom is -0.392 e. The zero-order valence-corrected chi connectivity index (χ0v) is 19.8. The quantitative estimate of drug-likeness (QED) is 0.609. The number of halogens is 1. The van der Waals surface area contributed by atoms with Gasteiger partial charge >= 0.3 is 0 Å². The summed E-state index contributed by atoms with van der Waals surface area (Å²) in [6.45, 7) is 5.96. The Hall–Kier alpha value is -2.08. The van der Waals surface area contributed by atoms with Gasteiger partial charge in [-0.1, -0.05) is 38.1 Å². The SMILES string of the molecule is COC[C@@]1(C)[C@H]2CCC3(CO3)[C@@H](/C=C/c3ccc(-c4cccc(F)c4)cn3)[C@]2(C)CC[C@H]1O. The highest BCUT2D eigenvalue weighted by Crippen LogP contribution is 2.65. The first-order valence-corrected chi connectivity index (χ1v) is 12.0. The monoisotopic (exact) mass is 451 g/mol. The van der Waals surface area contributed by atoms with Gasteiger partial charge in [-0.2, -0.15) is 0 Å². The molecule has 1 N–H and O–H groups in total. The Morgan fingerprint density at radius 2 is 2.00 bits per heavy atom. The molecule has 5 heteroatoms. The molecule has 1 saturated heterocycles. The van der Waals surface area contributed by atoms with Gasteiger partial charge in [-0.15, -0.1) is 0 Å². The van der Waals surface area contributed by atoms with E-state index in [1.54, 1.807) is 19.4 Å². The lowest BCUT2D eigenvalue weighted by Gasteiger charge is -2.60. The first-order chi connectivity index (χ1) is 15.8. The molecule has 2 saturated carbocycles. The van der Waals surface area contributed by atoms with E-state index in [9.17, 15) is 9.50 Å². The summed E-state index contributed by atoms with van der Waals surface area (Å²) >= 11 is 0. The highest BCUT2D eigenvalue weighted by atomic mass is 19.1. The lowest BCUT2D eigenvalue weighted by atomic mass is 9.45. The van der Waals surface area contributed by atoms with E-state index in [1.165, 1.54) is 12.1 Å². The van der Waals surface area contributed by atoms with E-state index in [0.717, 1.165) is 49.1 Å². The minimum atomic E-state index is -0.341. The Balaban J connectivity index is 1.42. The molecule has 1 aliphatic heterocycles. The number of fused-ring (bicyclic) bond motifs is 1. The number of pyridine rings is 1. The first-order valence-electron chi connectivity index (χ1n) is 12.0. The summed E-state index contributed by atoms with van der Waals surface area (Å²) in [7, 11) is 1.73. The molecule has 33 heavy (non-hydrogen) atoms. The van der Waals surface area contributed by atoms with Crippen molar-refractivity contribution >= 4 is 6.08 Å². The molecule has 2 aromatic rings. The van der Waals surface area contributed by atoms with E-state index in [0.29, 0.717) is 12.5 Å². The van der Waals surface area contributed by atoms with Gasteiger partial charge in [0.2, 0.25) is 0 Å². The van der Waals surface area contributed by atoms with Crippen molar-refractivity contribution in [3.8, 4) is 11.1 Å². The summed E-state index contributed by atoms with van der Waals surface area (Å²) in [6.07, 6.45) is 9.70. The maximum Gasteiger partial charge on any atom is 0.123 e. The lowest BCUT2D eigenvalue weighted by Crippen LogP contribution is -2.60. The van der Waals surface area contributed by atoms with Crippen LogP contribution in [0.25, 0.3) is 17.2 Å². The zero-order chi connectivity index (χ0) is 23.3. The number of nitrogens with zero attached hydrogens (tertiary/aromatic N) is 1. The van der Waals surface area contributed by atoms with Crippen LogP contribution in [-0.4, -0.2) is 42.1 Å². The maximum atomic E-state index is 13.6. The van der Waals surface area contributed by atoms with Gasteiger partial charge in [0.1, 0.15) is 5.82 Å². The standard InChI is InChI=1S/C28H34FNO3/c1-26-13-12-25(31)27(2,17-32-3)23(26)11-14-28(18-33-28)24(26)10-9-22-8-7-20(16-30-22)19-5-4-6-21(29)15-19/h4-10,15-16,23-25,31H,11-14,17-18H2,1-3H3/b10-9+/t23-,24-,25+,26+,27-,28?/m0/s1. The molecule has 3 fully saturated rings. The van der Waals surface area contributed by atoms with Crippen molar-refractivity contribution in [3.63, 3.8) is 0 Å². The molecule has 2 aliphatic carbocycles. The fourth-order valence-electron chi connectivity index (χ4n) is 6.97. The van der Waals surface area contributed by atoms with E-state index >= 15 is 0 Å².